The van der Waals surface area contributed by atoms with E-state index in [0.29, 0.717) is 6.54 Å². The predicted molar refractivity (Wildman–Crippen MR) is 84.7 cm³/mol. The van der Waals surface area contributed by atoms with E-state index in [1.165, 1.54) is 23.3 Å². The summed E-state index contributed by atoms with van der Waals surface area (Å²) in [6, 6.07) is 2.10. The highest BCUT2D eigenvalue weighted by molar-refractivity contribution is 7.14. The molecule has 0 radical (unpaired) electrons. The van der Waals surface area contributed by atoms with Crippen molar-refractivity contribution in [1.82, 2.24) is 15.3 Å². The van der Waals surface area contributed by atoms with Crippen LogP contribution >= 0.6 is 11.3 Å². The van der Waals surface area contributed by atoms with Crippen molar-refractivity contribution in [2.45, 2.75) is 39.0 Å². The van der Waals surface area contributed by atoms with Crippen LogP contribution in [0.2, 0.25) is 0 Å². The SMILES string of the molecule is CCC1CCc2sc(C(=O)NCCc3cnc[nH]3)cc2C1. The van der Waals surface area contributed by atoms with Gasteiger partial charge >= 0.3 is 0 Å². The molecule has 1 amide bonds. The number of hydrogen-bond donors (Lipinski definition) is 2. The zero-order valence-electron chi connectivity index (χ0n) is 12.3. The molecule has 0 spiro atoms. The Morgan fingerprint density at radius 3 is 3.24 bits per heavy atom. The highest BCUT2D eigenvalue weighted by atomic mass is 32.1. The molecule has 0 aliphatic heterocycles. The average Bonchev–Trinajstić information content (AvgIpc) is 3.15. The van der Waals surface area contributed by atoms with Crippen molar-refractivity contribution < 1.29 is 4.79 Å². The third-order valence-corrected chi connectivity index (χ3v) is 5.46. The van der Waals surface area contributed by atoms with E-state index < -0.39 is 0 Å². The summed E-state index contributed by atoms with van der Waals surface area (Å²) in [5.41, 5.74) is 2.45. The Morgan fingerprint density at radius 1 is 1.57 bits per heavy atom. The molecular formula is C16H21N3OS. The number of carbonyl (C=O) groups excluding carboxylic acids is 1. The van der Waals surface area contributed by atoms with E-state index in [9.17, 15) is 4.79 Å². The molecule has 1 unspecified atom stereocenters. The van der Waals surface area contributed by atoms with Gasteiger partial charge in [0.1, 0.15) is 0 Å². The van der Waals surface area contributed by atoms with Crippen molar-refractivity contribution in [3.05, 3.63) is 39.6 Å². The zero-order valence-corrected chi connectivity index (χ0v) is 13.1. The summed E-state index contributed by atoms with van der Waals surface area (Å²) < 4.78 is 0. The van der Waals surface area contributed by atoms with Crippen LogP contribution in [0, 0.1) is 5.92 Å². The molecule has 1 atom stereocenters. The standard InChI is InChI=1S/C16H21N3OS/c1-2-11-3-4-14-12(7-11)8-15(21-14)16(20)18-6-5-13-9-17-10-19-13/h8-11H,2-7H2,1H3,(H,17,19)(H,18,20). The van der Waals surface area contributed by atoms with Gasteiger partial charge in [0, 0.05) is 29.7 Å². The number of aromatic nitrogens is 2. The van der Waals surface area contributed by atoms with Crippen LogP contribution in [0.1, 0.15) is 45.6 Å². The number of nitrogens with zero attached hydrogens (tertiary/aromatic N) is 1. The molecule has 1 aliphatic carbocycles. The van der Waals surface area contributed by atoms with Crippen LogP contribution in [0.25, 0.3) is 0 Å². The molecule has 3 rings (SSSR count). The maximum Gasteiger partial charge on any atom is 0.261 e. The van der Waals surface area contributed by atoms with Crippen LogP contribution in [0.4, 0.5) is 0 Å². The van der Waals surface area contributed by atoms with Gasteiger partial charge in [-0.05, 0) is 36.8 Å². The van der Waals surface area contributed by atoms with Crippen molar-refractivity contribution in [3.8, 4) is 0 Å². The molecule has 112 valence electrons. The van der Waals surface area contributed by atoms with Gasteiger partial charge in [-0.2, -0.15) is 0 Å². The number of H-pyrrole nitrogens is 1. The fourth-order valence-electron chi connectivity index (χ4n) is 2.88. The third-order valence-electron chi connectivity index (χ3n) is 4.22. The normalized spacial score (nSPS) is 17.5. The predicted octanol–water partition coefficient (Wildman–Crippen LogP) is 2.96. The summed E-state index contributed by atoms with van der Waals surface area (Å²) >= 11 is 1.67. The highest BCUT2D eigenvalue weighted by Crippen LogP contribution is 2.33. The van der Waals surface area contributed by atoms with E-state index in [4.69, 9.17) is 0 Å². The molecule has 0 saturated carbocycles. The largest absolute Gasteiger partial charge is 0.351 e. The summed E-state index contributed by atoms with van der Waals surface area (Å²) in [5, 5.41) is 3.00. The number of nitrogens with one attached hydrogen (secondary N) is 2. The number of amides is 1. The van der Waals surface area contributed by atoms with Crippen molar-refractivity contribution in [3.63, 3.8) is 0 Å². The lowest BCUT2D eigenvalue weighted by molar-refractivity contribution is 0.0958. The van der Waals surface area contributed by atoms with Gasteiger partial charge in [-0.15, -0.1) is 11.3 Å². The molecule has 2 aromatic rings. The van der Waals surface area contributed by atoms with E-state index in [-0.39, 0.29) is 5.91 Å². The van der Waals surface area contributed by atoms with Gasteiger partial charge in [0.2, 0.25) is 0 Å². The Balaban J connectivity index is 1.57. The van der Waals surface area contributed by atoms with E-state index >= 15 is 0 Å². The Hall–Kier alpha value is -1.62. The smallest absolute Gasteiger partial charge is 0.261 e. The molecule has 2 heterocycles. The maximum absolute atomic E-state index is 12.2. The van der Waals surface area contributed by atoms with Crippen molar-refractivity contribution in [1.29, 1.82) is 0 Å². The lowest BCUT2D eigenvalue weighted by atomic mass is 9.87. The first kappa shape index (κ1) is 14.3. The van der Waals surface area contributed by atoms with Gasteiger partial charge in [0.25, 0.3) is 5.91 Å². The van der Waals surface area contributed by atoms with Crippen molar-refractivity contribution in [2.24, 2.45) is 5.92 Å². The van der Waals surface area contributed by atoms with E-state index in [1.807, 2.05) is 0 Å². The Morgan fingerprint density at radius 2 is 2.48 bits per heavy atom. The number of hydrogen-bond acceptors (Lipinski definition) is 3. The van der Waals surface area contributed by atoms with E-state index in [0.717, 1.165) is 35.8 Å². The topological polar surface area (TPSA) is 57.8 Å². The maximum atomic E-state index is 12.2. The summed E-state index contributed by atoms with van der Waals surface area (Å²) in [6.45, 7) is 2.90. The van der Waals surface area contributed by atoms with Crippen LogP contribution < -0.4 is 5.32 Å². The minimum atomic E-state index is 0.0574. The van der Waals surface area contributed by atoms with Crippen LogP contribution in [0.15, 0.2) is 18.6 Å². The van der Waals surface area contributed by atoms with Crippen LogP contribution in [0.5, 0.6) is 0 Å². The fraction of sp³-hybridized carbons (Fsp3) is 0.500. The van der Waals surface area contributed by atoms with Crippen molar-refractivity contribution in [2.75, 3.05) is 6.54 Å². The Bertz CT molecular complexity index is 603. The molecule has 0 fully saturated rings. The molecule has 0 bridgehead atoms. The van der Waals surface area contributed by atoms with E-state index in [1.54, 1.807) is 23.9 Å². The molecule has 2 aromatic heterocycles. The zero-order chi connectivity index (χ0) is 14.7. The quantitative estimate of drug-likeness (QED) is 0.892. The molecule has 21 heavy (non-hydrogen) atoms. The van der Waals surface area contributed by atoms with Gasteiger partial charge < -0.3 is 10.3 Å². The number of rotatable bonds is 5. The average molecular weight is 303 g/mol. The highest BCUT2D eigenvalue weighted by Gasteiger charge is 2.21. The van der Waals surface area contributed by atoms with Gasteiger partial charge in [0.15, 0.2) is 0 Å². The second kappa shape index (κ2) is 6.43. The molecule has 1 aliphatic rings. The number of aryl methyl sites for hydroxylation is 1. The molecule has 2 N–H and O–H groups in total. The van der Waals surface area contributed by atoms with Gasteiger partial charge in [-0.25, -0.2) is 4.98 Å². The summed E-state index contributed by atoms with van der Waals surface area (Å²) in [4.78, 5) is 21.5. The molecule has 0 aromatic carbocycles. The summed E-state index contributed by atoms with van der Waals surface area (Å²) in [6.07, 6.45) is 9.03. The Labute approximate surface area is 129 Å². The lowest BCUT2D eigenvalue weighted by Crippen LogP contribution is -2.24. The Kier molecular flexibility index (Phi) is 4.39. The van der Waals surface area contributed by atoms with Gasteiger partial charge in [-0.1, -0.05) is 13.3 Å². The summed E-state index contributed by atoms with van der Waals surface area (Å²) in [7, 11) is 0. The van der Waals surface area contributed by atoms with Crippen LogP contribution in [0.3, 0.4) is 0 Å². The molecule has 4 nitrogen and oxygen atoms in total. The number of fused-ring (bicyclic) bond motifs is 1. The van der Waals surface area contributed by atoms with E-state index in [2.05, 4.69) is 28.3 Å². The third kappa shape index (κ3) is 3.35. The van der Waals surface area contributed by atoms with Gasteiger partial charge in [0.05, 0.1) is 11.2 Å². The number of carbonyl (C=O) groups is 1. The second-order valence-electron chi connectivity index (χ2n) is 5.66. The fourth-order valence-corrected chi connectivity index (χ4v) is 4.00. The first-order valence-corrected chi connectivity index (χ1v) is 8.45. The number of thiophene rings is 1. The summed E-state index contributed by atoms with van der Waals surface area (Å²) in [5.74, 6) is 0.852. The minimum Gasteiger partial charge on any atom is -0.351 e. The first-order valence-electron chi connectivity index (χ1n) is 7.63. The first-order chi connectivity index (χ1) is 10.3. The monoisotopic (exact) mass is 303 g/mol. The van der Waals surface area contributed by atoms with Crippen LogP contribution in [-0.2, 0) is 19.3 Å². The lowest BCUT2D eigenvalue weighted by Gasteiger charge is -2.19. The van der Waals surface area contributed by atoms with Crippen LogP contribution in [-0.4, -0.2) is 22.4 Å². The van der Waals surface area contributed by atoms with Crippen molar-refractivity contribution >= 4 is 17.2 Å². The second-order valence-corrected chi connectivity index (χ2v) is 6.80. The van der Waals surface area contributed by atoms with Gasteiger partial charge in [-0.3, -0.25) is 4.79 Å². The molecule has 5 heteroatoms. The number of imidazole rings is 1. The molecule has 0 saturated heterocycles. The molecular weight excluding hydrogens is 282 g/mol. The number of aromatic amines is 1. The minimum absolute atomic E-state index is 0.0574.